The molecule has 206 valence electrons. The average Bonchev–Trinajstić information content (AvgIpc) is 3.47. The Morgan fingerprint density at radius 3 is 2.52 bits per heavy atom. The number of aliphatic hydroxyl groups excluding tert-OH is 1. The smallest absolute Gasteiger partial charge is 0.301 e. The van der Waals surface area contributed by atoms with Crippen LogP contribution in [0.25, 0.3) is 16.0 Å². The predicted molar refractivity (Wildman–Crippen MR) is 156 cm³/mol. The summed E-state index contributed by atoms with van der Waals surface area (Å²) in [7, 11) is 1.54. The van der Waals surface area contributed by atoms with Crippen molar-refractivity contribution in [2.75, 3.05) is 18.6 Å². The number of pyridine rings is 1. The molecule has 5 rings (SSSR count). The zero-order chi connectivity index (χ0) is 28.6. The summed E-state index contributed by atoms with van der Waals surface area (Å²) in [5, 5.41) is 11.7. The number of amides is 1. The molecule has 4 aromatic rings. The number of hydrogen-bond donors (Lipinski definition) is 1. The molecule has 1 N–H and O–H groups in total. The number of aryl methyl sites for hydroxylation is 2. The van der Waals surface area contributed by atoms with Gasteiger partial charge in [0.15, 0.2) is 16.6 Å². The molecule has 40 heavy (non-hydrogen) atoms. The first-order valence-electron chi connectivity index (χ1n) is 13.1. The molecular formula is C31H31N3O5S. The minimum Gasteiger partial charge on any atom is -0.507 e. The van der Waals surface area contributed by atoms with Crippen LogP contribution in [-0.2, 0) is 9.59 Å². The fraction of sp³-hybridized carbons (Fsp3) is 0.290. The number of ether oxygens (including phenoxy) is 2. The molecule has 1 amide bonds. The largest absolute Gasteiger partial charge is 0.507 e. The maximum Gasteiger partial charge on any atom is 0.301 e. The van der Waals surface area contributed by atoms with Crippen molar-refractivity contribution in [3.05, 3.63) is 82.7 Å². The Morgan fingerprint density at radius 2 is 1.82 bits per heavy atom. The van der Waals surface area contributed by atoms with Crippen LogP contribution in [0.4, 0.5) is 5.13 Å². The van der Waals surface area contributed by atoms with E-state index in [0.29, 0.717) is 40.3 Å². The van der Waals surface area contributed by atoms with Crippen molar-refractivity contribution >= 4 is 44.1 Å². The summed E-state index contributed by atoms with van der Waals surface area (Å²) in [5.74, 6) is -0.319. The van der Waals surface area contributed by atoms with Crippen molar-refractivity contribution in [1.82, 2.24) is 9.97 Å². The average molecular weight is 558 g/mol. The fourth-order valence-electron chi connectivity index (χ4n) is 4.85. The number of thiazole rings is 1. The number of carbonyl (C=O) groups excluding carboxylic acids is 2. The molecule has 1 aliphatic rings. The molecule has 0 aliphatic carbocycles. The van der Waals surface area contributed by atoms with Crippen LogP contribution < -0.4 is 14.4 Å². The molecule has 8 nitrogen and oxygen atoms in total. The highest BCUT2D eigenvalue weighted by Crippen LogP contribution is 2.46. The summed E-state index contributed by atoms with van der Waals surface area (Å²) in [6.07, 6.45) is 3.92. The lowest BCUT2D eigenvalue weighted by molar-refractivity contribution is -0.132. The topological polar surface area (TPSA) is 102 Å². The monoisotopic (exact) mass is 557 g/mol. The van der Waals surface area contributed by atoms with E-state index in [4.69, 9.17) is 14.5 Å². The number of carbonyl (C=O) groups is 2. The third kappa shape index (κ3) is 5.04. The first-order valence-corrected chi connectivity index (χ1v) is 13.9. The maximum absolute atomic E-state index is 13.6. The second kappa shape index (κ2) is 11.1. The van der Waals surface area contributed by atoms with Gasteiger partial charge in [0, 0.05) is 18.0 Å². The molecule has 1 unspecified atom stereocenters. The summed E-state index contributed by atoms with van der Waals surface area (Å²) in [5.41, 5.74) is 3.76. The number of aliphatic hydroxyl groups is 1. The van der Waals surface area contributed by atoms with E-state index in [1.807, 2.05) is 26.0 Å². The molecule has 3 heterocycles. The first kappa shape index (κ1) is 27.3. The Kier molecular flexibility index (Phi) is 7.58. The summed E-state index contributed by atoms with van der Waals surface area (Å²) in [6.45, 7) is 8.75. The van der Waals surface area contributed by atoms with E-state index in [-0.39, 0.29) is 11.3 Å². The SMILES string of the molecule is COc1cc(C2/C(=C(\O)c3ccncc3)C(=O)C(=O)N2c2nc3c(C)cc(C)cc3s2)ccc1OCCC(C)C. The van der Waals surface area contributed by atoms with Crippen LogP contribution in [0.5, 0.6) is 11.5 Å². The quantitative estimate of drug-likeness (QED) is 0.153. The van der Waals surface area contributed by atoms with E-state index in [9.17, 15) is 14.7 Å². The standard InChI is InChI=1S/C31H31N3O5S/c1-17(2)10-13-39-22-7-6-21(16-23(22)38-5)27-25(28(35)20-8-11-32-12-9-20)29(36)30(37)34(27)31-33-26-19(4)14-18(3)15-24(26)40-31/h6-9,11-12,14-17,27,35H,10,13H2,1-5H3/b28-25+. The lowest BCUT2D eigenvalue weighted by atomic mass is 9.95. The van der Waals surface area contributed by atoms with Crippen molar-refractivity contribution in [3.63, 3.8) is 0 Å². The van der Waals surface area contributed by atoms with Crippen LogP contribution in [0.1, 0.15) is 48.6 Å². The van der Waals surface area contributed by atoms with Gasteiger partial charge in [-0.1, -0.05) is 37.3 Å². The van der Waals surface area contributed by atoms with Crippen LogP contribution in [-0.4, -0.2) is 40.5 Å². The number of aromatic nitrogens is 2. The van der Waals surface area contributed by atoms with E-state index in [1.54, 1.807) is 37.4 Å². The molecular weight excluding hydrogens is 526 g/mol. The van der Waals surface area contributed by atoms with Gasteiger partial charge in [-0.15, -0.1) is 0 Å². The van der Waals surface area contributed by atoms with E-state index < -0.39 is 17.7 Å². The van der Waals surface area contributed by atoms with Gasteiger partial charge in [-0.25, -0.2) is 4.98 Å². The molecule has 0 radical (unpaired) electrons. The summed E-state index contributed by atoms with van der Waals surface area (Å²) in [4.78, 5) is 37.3. The Morgan fingerprint density at radius 1 is 1.07 bits per heavy atom. The van der Waals surface area contributed by atoms with Gasteiger partial charge in [-0.3, -0.25) is 19.5 Å². The van der Waals surface area contributed by atoms with Crippen LogP contribution in [0, 0.1) is 19.8 Å². The highest BCUT2D eigenvalue weighted by atomic mass is 32.1. The van der Waals surface area contributed by atoms with E-state index in [0.717, 1.165) is 27.8 Å². The molecule has 1 atom stereocenters. The molecule has 0 saturated carbocycles. The molecule has 2 aromatic heterocycles. The molecule has 1 fully saturated rings. The number of ketones is 1. The second-order valence-electron chi connectivity index (χ2n) is 10.3. The predicted octanol–water partition coefficient (Wildman–Crippen LogP) is 6.37. The van der Waals surface area contributed by atoms with Crippen LogP contribution >= 0.6 is 11.3 Å². The maximum atomic E-state index is 13.6. The molecule has 0 spiro atoms. The highest BCUT2D eigenvalue weighted by molar-refractivity contribution is 7.22. The minimum atomic E-state index is -0.936. The second-order valence-corrected chi connectivity index (χ2v) is 11.3. The van der Waals surface area contributed by atoms with Crippen molar-refractivity contribution in [1.29, 1.82) is 0 Å². The number of hydrogen-bond acceptors (Lipinski definition) is 8. The fourth-order valence-corrected chi connectivity index (χ4v) is 6.02. The van der Waals surface area contributed by atoms with Crippen molar-refractivity contribution in [2.24, 2.45) is 5.92 Å². The number of methoxy groups -OCH3 is 1. The van der Waals surface area contributed by atoms with Crippen LogP contribution in [0.2, 0.25) is 0 Å². The Balaban J connectivity index is 1.67. The Bertz CT molecular complexity index is 1630. The van der Waals surface area contributed by atoms with Gasteiger partial charge < -0.3 is 14.6 Å². The van der Waals surface area contributed by atoms with Gasteiger partial charge in [0.1, 0.15) is 5.76 Å². The normalized spacial score (nSPS) is 16.8. The van der Waals surface area contributed by atoms with Crippen LogP contribution in [0.15, 0.2) is 60.4 Å². The Hall–Kier alpha value is -4.24. The van der Waals surface area contributed by atoms with Crippen molar-refractivity contribution in [2.45, 2.75) is 40.2 Å². The highest BCUT2D eigenvalue weighted by Gasteiger charge is 2.48. The third-order valence-corrected chi connectivity index (χ3v) is 7.88. The van der Waals surface area contributed by atoms with Gasteiger partial charge in [0.2, 0.25) is 0 Å². The summed E-state index contributed by atoms with van der Waals surface area (Å²) < 4.78 is 12.5. The zero-order valence-corrected chi connectivity index (χ0v) is 23.9. The molecule has 2 aromatic carbocycles. The molecule has 1 aliphatic heterocycles. The lowest BCUT2D eigenvalue weighted by Gasteiger charge is -2.24. The summed E-state index contributed by atoms with van der Waals surface area (Å²) >= 11 is 1.34. The van der Waals surface area contributed by atoms with Gasteiger partial charge in [-0.05, 0) is 73.2 Å². The van der Waals surface area contributed by atoms with Crippen molar-refractivity contribution in [3.8, 4) is 11.5 Å². The van der Waals surface area contributed by atoms with E-state index in [1.165, 1.54) is 28.6 Å². The number of benzene rings is 2. The van der Waals surface area contributed by atoms with Gasteiger partial charge >= 0.3 is 5.91 Å². The number of nitrogens with zero attached hydrogens (tertiary/aromatic N) is 3. The van der Waals surface area contributed by atoms with E-state index in [2.05, 4.69) is 18.8 Å². The molecule has 1 saturated heterocycles. The zero-order valence-electron chi connectivity index (χ0n) is 23.1. The Labute approximate surface area is 236 Å². The van der Waals surface area contributed by atoms with Gasteiger partial charge in [0.05, 0.1) is 35.5 Å². The number of Topliss-reactive ketones (excluding diaryl/α,β-unsaturated/α-hetero) is 1. The minimum absolute atomic E-state index is 0.0288. The molecule has 0 bridgehead atoms. The number of anilines is 1. The summed E-state index contributed by atoms with van der Waals surface area (Å²) in [6, 6.07) is 11.6. The van der Waals surface area contributed by atoms with E-state index >= 15 is 0 Å². The van der Waals surface area contributed by atoms with Crippen molar-refractivity contribution < 1.29 is 24.2 Å². The number of fused-ring (bicyclic) bond motifs is 1. The van der Waals surface area contributed by atoms with Crippen LogP contribution in [0.3, 0.4) is 0 Å². The third-order valence-electron chi connectivity index (χ3n) is 6.88. The lowest BCUT2D eigenvalue weighted by Crippen LogP contribution is -2.29. The van der Waals surface area contributed by atoms with Gasteiger partial charge in [-0.2, -0.15) is 0 Å². The molecule has 9 heteroatoms. The van der Waals surface area contributed by atoms with Gasteiger partial charge in [0.25, 0.3) is 5.78 Å². The number of rotatable bonds is 8. The first-order chi connectivity index (χ1) is 19.2.